The van der Waals surface area contributed by atoms with E-state index in [9.17, 15) is 22.8 Å². The largest absolute Gasteiger partial charge is 0.334 e. The van der Waals surface area contributed by atoms with Gasteiger partial charge in [-0.1, -0.05) is 34.9 Å². The number of fused-ring (bicyclic) bond motifs is 1. The second-order valence-electron chi connectivity index (χ2n) is 5.52. The highest BCUT2D eigenvalue weighted by Crippen LogP contribution is 2.22. The van der Waals surface area contributed by atoms with Crippen molar-refractivity contribution in [2.75, 3.05) is 6.54 Å². The maximum atomic E-state index is 12.1. The molecule has 0 bridgehead atoms. The van der Waals surface area contributed by atoms with Crippen LogP contribution < -0.4 is 4.72 Å². The number of sulfonamides is 1. The second-order valence-corrected chi connectivity index (χ2v) is 7.72. The Kier molecular flexibility index (Phi) is 5.26. The average Bonchev–Trinajstić information content (AvgIpc) is 2.87. The van der Waals surface area contributed by atoms with E-state index in [1.807, 2.05) is 0 Å². The molecule has 0 saturated carbocycles. The SMILES string of the molecule is O=C(CCNS(=O)(=O)c1cccc(Cl)c1)ON1C(=O)c2ccccc2C1=O. The Morgan fingerprint density at radius 3 is 2.26 bits per heavy atom. The van der Waals surface area contributed by atoms with Gasteiger partial charge in [-0.2, -0.15) is 0 Å². The summed E-state index contributed by atoms with van der Waals surface area (Å²) in [7, 11) is -3.86. The lowest BCUT2D eigenvalue weighted by Gasteiger charge is -2.13. The molecule has 3 rings (SSSR count). The third-order valence-corrected chi connectivity index (χ3v) is 5.37. The number of hydrogen-bond acceptors (Lipinski definition) is 6. The highest BCUT2D eigenvalue weighted by atomic mass is 35.5. The Morgan fingerprint density at radius 1 is 1.04 bits per heavy atom. The number of carbonyl (C=O) groups is 3. The average molecular weight is 409 g/mol. The molecule has 0 atom stereocenters. The van der Waals surface area contributed by atoms with E-state index >= 15 is 0 Å². The molecule has 0 fully saturated rings. The summed E-state index contributed by atoms with van der Waals surface area (Å²) in [5.41, 5.74) is 0.272. The van der Waals surface area contributed by atoms with Gasteiger partial charge in [-0.25, -0.2) is 17.9 Å². The van der Waals surface area contributed by atoms with Crippen LogP contribution in [0.2, 0.25) is 5.02 Å². The molecule has 27 heavy (non-hydrogen) atoms. The molecular formula is C17H13ClN2O6S. The smallest absolute Gasteiger partial charge is 0.330 e. The molecule has 1 aliphatic rings. The van der Waals surface area contributed by atoms with Gasteiger partial charge >= 0.3 is 5.97 Å². The normalized spacial score (nSPS) is 13.6. The standard InChI is InChI=1S/C17H13ClN2O6S/c18-11-4-3-5-12(10-11)27(24,25)19-9-8-15(21)26-20-16(22)13-6-1-2-7-14(13)17(20)23/h1-7,10,19H,8-9H2. The molecule has 2 aromatic carbocycles. The highest BCUT2D eigenvalue weighted by molar-refractivity contribution is 7.89. The fourth-order valence-electron chi connectivity index (χ4n) is 2.40. The van der Waals surface area contributed by atoms with Crippen LogP contribution in [-0.2, 0) is 19.7 Å². The number of imide groups is 1. The topological polar surface area (TPSA) is 110 Å². The molecule has 0 unspecified atom stereocenters. The third-order valence-electron chi connectivity index (χ3n) is 3.68. The Bertz CT molecular complexity index is 1000. The summed E-state index contributed by atoms with van der Waals surface area (Å²) < 4.78 is 26.5. The summed E-state index contributed by atoms with van der Waals surface area (Å²) in [6.07, 6.45) is -0.382. The first kappa shape index (κ1) is 19.0. The number of benzene rings is 2. The molecule has 0 aliphatic carbocycles. The number of nitrogens with zero attached hydrogens (tertiary/aromatic N) is 1. The Labute approximate surface area is 159 Å². The second kappa shape index (κ2) is 7.47. The number of hydrogen-bond donors (Lipinski definition) is 1. The zero-order valence-corrected chi connectivity index (χ0v) is 15.3. The quantitative estimate of drug-likeness (QED) is 0.729. The molecule has 2 amide bonds. The van der Waals surface area contributed by atoms with Crippen molar-refractivity contribution in [3.63, 3.8) is 0 Å². The number of hydroxylamine groups is 2. The van der Waals surface area contributed by atoms with Gasteiger partial charge in [-0.3, -0.25) is 9.59 Å². The molecule has 2 aromatic rings. The van der Waals surface area contributed by atoms with Crippen LogP contribution in [0.4, 0.5) is 0 Å². The number of nitrogens with one attached hydrogen (secondary N) is 1. The van der Waals surface area contributed by atoms with Gasteiger partial charge < -0.3 is 4.84 Å². The Balaban J connectivity index is 1.57. The van der Waals surface area contributed by atoms with Crippen LogP contribution in [0.3, 0.4) is 0 Å². The summed E-state index contributed by atoms with van der Waals surface area (Å²) >= 11 is 5.76. The van der Waals surface area contributed by atoms with E-state index in [-0.39, 0.29) is 34.0 Å². The highest BCUT2D eigenvalue weighted by Gasteiger charge is 2.38. The van der Waals surface area contributed by atoms with Crippen molar-refractivity contribution in [2.45, 2.75) is 11.3 Å². The van der Waals surface area contributed by atoms with E-state index in [2.05, 4.69) is 4.72 Å². The fourth-order valence-corrected chi connectivity index (χ4v) is 3.73. The van der Waals surface area contributed by atoms with Crippen molar-refractivity contribution in [1.29, 1.82) is 0 Å². The Morgan fingerprint density at radius 2 is 1.67 bits per heavy atom. The van der Waals surface area contributed by atoms with Gasteiger partial charge in [0.05, 0.1) is 22.4 Å². The first-order chi connectivity index (χ1) is 12.8. The maximum absolute atomic E-state index is 12.1. The summed E-state index contributed by atoms with van der Waals surface area (Å²) in [5.74, 6) is -2.43. The van der Waals surface area contributed by atoms with Gasteiger partial charge in [0, 0.05) is 11.6 Å². The van der Waals surface area contributed by atoms with Crippen LogP contribution in [0.1, 0.15) is 27.1 Å². The van der Waals surface area contributed by atoms with Crippen molar-refractivity contribution >= 4 is 39.4 Å². The van der Waals surface area contributed by atoms with Gasteiger partial charge in [0.15, 0.2) is 0 Å². The van der Waals surface area contributed by atoms with E-state index in [4.69, 9.17) is 16.4 Å². The van der Waals surface area contributed by atoms with E-state index < -0.39 is 27.8 Å². The maximum Gasteiger partial charge on any atom is 0.334 e. The first-order valence-electron chi connectivity index (χ1n) is 7.73. The molecule has 1 N–H and O–H groups in total. The van der Waals surface area contributed by atoms with Crippen molar-refractivity contribution < 1.29 is 27.6 Å². The Hall–Kier alpha value is -2.75. The van der Waals surface area contributed by atoms with Crippen LogP contribution >= 0.6 is 11.6 Å². The molecule has 0 radical (unpaired) electrons. The fraction of sp³-hybridized carbons (Fsp3) is 0.118. The molecule has 0 saturated heterocycles. The van der Waals surface area contributed by atoms with Crippen molar-refractivity contribution in [2.24, 2.45) is 0 Å². The molecule has 1 heterocycles. The van der Waals surface area contributed by atoms with Crippen LogP contribution in [0, 0.1) is 0 Å². The van der Waals surface area contributed by atoms with Crippen molar-refractivity contribution in [3.8, 4) is 0 Å². The lowest BCUT2D eigenvalue weighted by molar-refractivity contribution is -0.168. The minimum absolute atomic E-state index is 0.0521. The summed E-state index contributed by atoms with van der Waals surface area (Å²) in [6.45, 7) is -0.281. The van der Waals surface area contributed by atoms with E-state index in [1.54, 1.807) is 12.1 Å². The number of carbonyl (C=O) groups excluding carboxylic acids is 3. The lowest BCUT2D eigenvalue weighted by atomic mass is 10.1. The van der Waals surface area contributed by atoms with E-state index in [1.165, 1.54) is 36.4 Å². The molecule has 10 heteroatoms. The zero-order chi connectivity index (χ0) is 19.6. The van der Waals surface area contributed by atoms with Gasteiger partial charge in [-0.05, 0) is 30.3 Å². The van der Waals surface area contributed by atoms with Crippen LogP contribution in [0.5, 0.6) is 0 Å². The van der Waals surface area contributed by atoms with Gasteiger partial charge in [-0.15, -0.1) is 0 Å². The van der Waals surface area contributed by atoms with Gasteiger partial charge in [0.1, 0.15) is 0 Å². The lowest BCUT2D eigenvalue weighted by Crippen LogP contribution is -2.34. The summed E-state index contributed by atoms with van der Waals surface area (Å²) in [4.78, 5) is 40.8. The monoisotopic (exact) mass is 408 g/mol. The van der Waals surface area contributed by atoms with E-state index in [0.29, 0.717) is 5.06 Å². The van der Waals surface area contributed by atoms with Crippen molar-refractivity contribution in [3.05, 3.63) is 64.7 Å². The number of amides is 2. The van der Waals surface area contributed by atoms with E-state index in [0.717, 1.165) is 0 Å². The summed E-state index contributed by atoms with van der Waals surface area (Å²) in [6, 6.07) is 11.7. The minimum atomic E-state index is -3.86. The summed E-state index contributed by atoms with van der Waals surface area (Å²) in [5, 5.41) is 0.626. The number of halogens is 1. The van der Waals surface area contributed by atoms with Gasteiger partial charge in [0.2, 0.25) is 10.0 Å². The zero-order valence-electron chi connectivity index (χ0n) is 13.7. The predicted octanol–water partition coefficient (Wildman–Crippen LogP) is 1.76. The first-order valence-corrected chi connectivity index (χ1v) is 9.59. The van der Waals surface area contributed by atoms with Crippen LogP contribution in [-0.4, -0.2) is 37.8 Å². The predicted molar refractivity (Wildman–Crippen MR) is 94.3 cm³/mol. The third kappa shape index (κ3) is 4.00. The molecule has 0 spiro atoms. The van der Waals surface area contributed by atoms with Crippen LogP contribution in [0.15, 0.2) is 53.4 Å². The van der Waals surface area contributed by atoms with Crippen molar-refractivity contribution in [1.82, 2.24) is 9.79 Å². The number of rotatable bonds is 6. The molecule has 0 aromatic heterocycles. The molecule has 8 nitrogen and oxygen atoms in total. The molecule has 140 valence electrons. The molecule has 1 aliphatic heterocycles. The van der Waals surface area contributed by atoms with Crippen LogP contribution in [0.25, 0.3) is 0 Å². The minimum Gasteiger partial charge on any atom is -0.330 e. The van der Waals surface area contributed by atoms with Gasteiger partial charge in [0.25, 0.3) is 11.8 Å². The molecular weight excluding hydrogens is 396 g/mol.